The van der Waals surface area contributed by atoms with Crippen molar-refractivity contribution in [1.29, 1.82) is 0 Å². The number of methoxy groups -OCH3 is 1. The van der Waals surface area contributed by atoms with Gasteiger partial charge in [0.2, 0.25) is 10.0 Å². The Bertz CT molecular complexity index is 610. The van der Waals surface area contributed by atoms with E-state index in [0.717, 1.165) is 6.07 Å². The summed E-state index contributed by atoms with van der Waals surface area (Å²) in [6, 6.07) is 3.47. The summed E-state index contributed by atoms with van der Waals surface area (Å²) in [5, 5.41) is 8.81. The lowest BCUT2D eigenvalue weighted by Gasteiger charge is -2.23. The number of carboxylic acid groups (broad SMARTS) is 1. The lowest BCUT2D eigenvalue weighted by atomic mass is 10.1. The number of carboxylic acids is 1. The van der Waals surface area contributed by atoms with E-state index in [9.17, 15) is 13.2 Å². The molecule has 4 N–H and O–H groups in total. The number of hydrogen-bond donors (Lipinski definition) is 3. The zero-order valence-corrected chi connectivity index (χ0v) is 12.3. The third-order valence-corrected chi connectivity index (χ3v) is 4.26. The maximum atomic E-state index is 12.1. The molecule has 0 atom stereocenters. The van der Waals surface area contributed by atoms with Gasteiger partial charge in [0.1, 0.15) is 4.90 Å². The minimum absolute atomic E-state index is 0.0615. The van der Waals surface area contributed by atoms with E-state index in [4.69, 9.17) is 15.6 Å². The Balaban J connectivity index is 3.02. The molecule has 0 fully saturated rings. The van der Waals surface area contributed by atoms with Crippen LogP contribution in [0, 0.1) is 0 Å². The van der Waals surface area contributed by atoms with E-state index >= 15 is 0 Å². The molecule has 0 aliphatic rings. The van der Waals surface area contributed by atoms with Crippen molar-refractivity contribution in [3.63, 3.8) is 0 Å². The first-order valence-electron chi connectivity index (χ1n) is 5.77. The second-order valence-corrected chi connectivity index (χ2v) is 6.58. The topological polar surface area (TPSA) is 119 Å². The van der Waals surface area contributed by atoms with Crippen molar-refractivity contribution in [2.24, 2.45) is 0 Å². The summed E-state index contributed by atoms with van der Waals surface area (Å²) < 4.78 is 31.7. The van der Waals surface area contributed by atoms with E-state index in [0.29, 0.717) is 0 Å². The van der Waals surface area contributed by atoms with Gasteiger partial charge in [-0.1, -0.05) is 0 Å². The molecule has 0 saturated carbocycles. The molecule has 7 nitrogen and oxygen atoms in total. The van der Waals surface area contributed by atoms with Crippen LogP contribution in [0.2, 0.25) is 0 Å². The first-order valence-corrected chi connectivity index (χ1v) is 7.25. The molecule has 0 heterocycles. The van der Waals surface area contributed by atoms with Gasteiger partial charge in [-0.05, 0) is 32.0 Å². The fourth-order valence-electron chi connectivity index (χ4n) is 1.34. The van der Waals surface area contributed by atoms with Gasteiger partial charge in [-0.25, -0.2) is 17.9 Å². The number of nitrogens with one attached hydrogen (secondary N) is 1. The smallest absolute Gasteiger partial charge is 0.335 e. The molecular formula is C12H18N2O5S. The predicted molar refractivity (Wildman–Crippen MR) is 74.1 cm³/mol. The van der Waals surface area contributed by atoms with E-state index in [-0.39, 0.29) is 22.7 Å². The summed E-state index contributed by atoms with van der Waals surface area (Å²) in [5.41, 5.74) is 4.75. The summed E-state index contributed by atoms with van der Waals surface area (Å²) in [5.74, 6) is -1.17. The normalized spacial score (nSPS) is 12.3. The summed E-state index contributed by atoms with van der Waals surface area (Å²) in [6.45, 7) is 3.52. The molecule has 0 bridgehead atoms. The van der Waals surface area contributed by atoms with Crippen molar-refractivity contribution in [1.82, 2.24) is 4.72 Å². The average Bonchev–Trinajstić information content (AvgIpc) is 2.36. The lowest BCUT2D eigenvalue weighted by molar-refractivity contribution is 0.0276. The molecule has 20 heavy (non-hydrogen) atoms. The van der Waals surface area contributed by atoms with Crippen molar-refractivity contribution in [3.05, 3.63) is 23.8 Å². The van der Waals surface area contributed by atoms with Gasteiger partial charge in [0.05, 0.1) is 16.9 Å². The molecule has 0 aliphatic carbocycles. The highest BCUT2D eigenvalue weighted by Gasteiger charge is 2.23. The van der Waals surface area contributed by atoms with Gasteiger partial charge in [-0.3, -0.25) is 0 Å². The molecule has 1 aromatic carbocycles. The lowest BCUT2D eigenvalue weighted by Crippen LogP contribution is -2.39. The summed E-state index contributed by atoms with van der Waals surface area (Å²) in [4.78, 5) is 10.6. The minimum Gasteiger partial charge on any atom is -0.478 e. The van der Waals surface area contributed by atoms with Gasteiger partial charge in [0.15, 0.2) is 0 Å². The number of rotatable bonds is 6. The van der Waals surface area contributed by atoms with Gasteiger partial charge in [0, 0.05) is 13.7 Å². The molecule has 0 radical (unpaired) electrons. The fraction of sp³-hybridized carbons (Fsp3) is 0.417. The molecule has 1 aromatic rings. The molecule has 8 heteroatoms. The monoisotopic (exact) mass is 302 g/mol. The Kier molecular flexibility index (Phi) is 4.74. The van der Waals surface area contributed by atoms with Crippen molar-refractivity contribution in [3.8, 4) is 0 Å². The molecule has 0 aliphatic heterocycles. The molecule has 1 rings (SSSR count). The quantitative estimate of drug-likeness (QED) is 0.665. The zero-order valence-electron chi connectivity index (χ0n) is 11.5. The fourth-order valence-corrected chi connectivity index (χ4v) is 2.65. The maximum Gasteiger partial charge on any atom is 0.335 e. The number of hydrogen-bond acceptors (Lipinski definition) is 5. The van der Waals surface area contributed by atoms with Gasteiger partial charge >= 0.3 is 5.97 Å². The standard InChI is InChI=1S/C12H18N2O5S/c1-12(2,19-3)7-14-20(17,18)10-5-4-8(11(15)16)6-9(10)13/h4-6,14H,7,13H2,1-3H3,(H,15,16). The van der Waals surface area contributed by atoms with E-state index < -0.39 is 21.6 Å². The van der Waals surface area contributed by atoms with Crippen LogP contribution in [0.4, 0.5) is 5.69 Å². The first kappa shape index (κ1) is 16.4. The SMILES string of the molecule is COC(C)(C)CNS(=O)(=O)c1ccc(C(=O)O)cc1N. The molecule has 0 aromatic heterocycles. The Morgan fingerprint density at radius 2 is 2.05 bits per heavy atom. The third-order valence-electron chi connectivity index (χ3n) is 2.79. The number of carbonyl (C=O) groups is 1. The van der Waals surface area contributed by atoms with Gasteiger partial charge in [0.25, 0.3) is 0 Å². The van der Waals surface area contributed by atoms with Crippen LogP contribution in [0.25, 0.3) is 0 Å². The van der Waals surface area contributed by atoms with Crippen LogP contribution in [-0.2, 0) is 14.8 Å². The zero-order chi connectivity index (χ0) is 15.6. The Morgan fingerprint density at radius 1 is 1.45 bits per heavy atom. The molecule has 112 valence electrons. The number of anilines is 1. The highest BCUT2D eigenvalue weighted by molar-refractivity contribution is 7.89. The molecule has 0 amide bonds. The number of aromatic carboxylic acids is 1. The molecular weight excluding hydrogens is 284 g/mol. The van der Waals surface area contributed by atoms with Crippen molar-refractivity contribution in [2.45, 2.75) is 24.3 Å². The van der Waals surface area contributed by atoms with Crippen LogP contribution >= 0.6 is 0 Å². The second-order valence-electron chi connectivity index (χ2n) is 4.85. The van der Waals surface area contributed by atoms with Crippen molar-refractivity contribution >= 4 is 21.7 Å². The number of nitrogens with two attached hydrogens (primary N) is 1. The van der Waals surface area contributed by atoms with Gasteiger partial charge < -0.3 is 15.6 Å². The Morgan fingerprint density at radius 3 is 2.50 bits per heavy atom. The molecule has 0 saturated heterocycles. The van der Waals surface area contributed by atoms with Crippen LogP contribution < -0.4 is 10.5 Å². The number of benzene rings is 1. The number of ether oxygens (including phenoxy) is 1. The van der Waals surface area contributed by atoms with Crippen LogP contribution in [0.15, 0.2) is 23.1 Å². The summed E-state index contributed by atoms with van der Waals surface area (Å²) in [6.07, 6.45) is 0. The van der Waals surface area contributed by atoms with E-state index in [1.54, 1.807) is 13.8 Å². The van der Waals surface area contributed by atoms with Crippen molar-refractivity contribution in [2.75, 3.05) is 19.4 Å². The predicted octanol–water partition coefficient (Wildman–Crippen LogP) is 0.670. The largest absolute Gasteiger partial charge is 0.478 e. The molecule has 0 unspecified atom stereocenters. The van der Waals surface area contributed by atoms with Crippen molar-refractivity contribution < 1.29 is 23.1 Å². The van der Waals surface area contributed by atoms with E-state index in [1.165, 1.54) is 19.2 Å². The number of nitrogen functional groups attached to an aromatic ring is 1. The van der Waals surface area contributed by atoms with Crippen LogP contribution in [0.3, 0.4) is 0 Å². The Hall–Kier alpha value is -1.64. The average molecular weight is 302 g/mol. The first-order chi connectivity index (χ1) is 9.09. The second kappa shape index (κ2) is 5.78. The van der Waals surface area contributed by atoms with Crippen LogP contribution in [0.5, 0.6) is 0 Å². The molecule has 0 spiro atoms. The summed E-state index contributed by atoms with van der Waals surface area (Å²) in [7, 11) is -2.35. The highest BCUT2D eigenvalue weighted by atomic mass is 32.2. The highest BCUT2D eigenvalue weighted by Crippen LogP contribution is 2.20. The Labute approximate surface area is 117 Å². The summed E-state index contributed by atoms with van der Waals surface area (Å²) >= 11 is 0. The minimum atomic E-state index is -3.82. The maximum absolute atomic E-state index is 12.1. The third kappa shape index (κ3) is 3.92. The van der Waals surface area contributed by atoms with E-state index in [1.807, 2.05) is 0 Å². The van der Waals surface area contributed by atoms with E-state index in [2.05, 4.69) is 4.72 Å². The number of sulfonamides is 1. The van der Waals surface area contributed by atoms with Gasteiger partial charge in [-0.2, -0.15) is 0 Å². The van der Waals surface area contributed by atoms with Crippen LogP contribution in [-0.4, -0.2) is 38.7 Å². The van der Waals surface area contributed by atoms with Gasteiger partial charge in [-0.15, -0.1) is 0 Å². The van der Waals surface area contributed by atoms with Crippen LogP contribution in [0.1, 0.15) is 24.2 Å².